The molecule has 1 aliphatic carbocycles. The zero-order valence-corrected chi connectivity index (χ0v) is 15.6. The van der Waals surface area contributed by atoms with Crippen molar-refractivity contribution in [3.05, 3.63) is 62.6 Å². The highest BCUT2D eigenvalue weighted by atomic mass is 32.2. The van der Waals surface area contributed by atoms with Gasteiger partial charge in [0.15, 0.2) is 11.4 Å². The van der Waals surface area contributed by atoms with Crippen molar-refractivity contribution < 1.29 is 13.2 Å². The molecular weight excluding hydrogens is 340 g/mol. The van der Waals surface area contributed by atoms with E-state index in [0.29, 0.717) is 22.3 Å². The van der Waals surface area contributed by atoms with E-state index in [1.165, 1.54) is 12.1 Å². The Kier molecular flexibility index (Phi) is 4.90. The fourth-order valence-electron chi connectivity index (χ4n) is 2.81. The van der Waals surface area contributed by atoms with Gasteiger partial charge in [0.05, 0.1) is 4.90 Å². The molecule has 0 aliphatic heterocycles. The van der Waals surface area contributed by atoms with E-state index in [0.717, 1.165) is 5.56 Å². The van der Waals surface area contributed by atoms with Crippen molar-refractivity contribution in [2.24, 2.45) is 5.11 Å². The molecule has 1 N–H and O–H groups in total. The van der Waals surface area contributed by atoms with Crippen molar-refractivity contribution in [3.8, 4) is 0 Å². The Labute approximate surface area is 147 Å². The lowest BCUT2D eigenvalue weighted by Gasteiger charge is -2.37. The molecule has 8 heteroatoms. The lowest BCUT2D eigenvalue weighted by atomic mass is 9.80. The van der Waals surface area contributed by atoms with Gasteiger partial charge >= 0.3 is 0 Å². The molecule has 0 radical (unpaired) electrons. The van der Waals surface area contributed by atoms with Gasteiger partial charge in [0.25, 0.3) is 0 Å². The number of hydrogen-bond donors (Lipinski definition) is 1. The van der Waals surface area contributed by atoms with E-state index < -0.39 is 15.7 Å². The van der Waals surface area contributed by atoms with E-state index >= 15 is 0 Å². The van der Waals surface area contributed by atoms with E-state index in [4.69, 9.17) is 5.53 Å². The summed E-state index contributed by atoms with van der Waals surface area (Å²) >= 11 is 0. The zero-order chi connectivity index (χ0) is 19.0. The van der Waals surface area contributed by atoms with E-state index in [9.17, 15) is 13.2 Å². The summed E-state index contributed by atoms with van der Waals surface area (Å²) < 4.78 is 28.2. The van der Waals surface area contributed by atoms with Gasteiger partial charge in [-0.25, -0.2) is 8.42 Å². The molecule has 0 heterocycles. The normalized spacial score (nSPS) is 17.6. The molecule has 1 aromatic carbocycles. The van der Waals surface area contributed by atoms with Gasteiger partial charge in [-0.15, -0.1) is 0 Å². The van der Waals surface area contributed by atoms with Crippen molar-refractivity contribution >= 4 is 15.8 Å². The van der Waals surface area contributed by atoms with Gasteiger partial charge in [0, 0.05) is 4.91 Å². The van der Waals surface area contributed by atoms with Crippen LogP contribution in [0, 0.1) is 6.92 Å². The van der Waals surface area contributed by atoms with E-state index in [-0.39, 0.29) is 10.7 Å². The number of allylic oxidation sites excluding steroid dienone is 2. The second-order valence-corrected chi connectivity index (χ2v) is 7.83. The fourth-order valence-corrected chi connectivity index (χ4v) is 4.16. The van der Waals surface area contributed by atoms with Crippen LogP contribution in [-0.4, -0.2) is 19.9 Å². The summed E-state index contributed by atoms with van der Waals surface area (Å²) in [5, 5.41) is 3.76. The van der Waals surface area contributed by atoms with Crippen LogP contribution in [0.5, 0.6) is 0 Å². The summed E-state index contributed by atoms with van der Waals surface area (Å²) in [5.41, 5.74) is 9.80. The Morgan fingerprint density at radius 2 is 1.48 bits per heavy atom. The second kappa shape index (κ2) is 6.48. The summed E-state index contributed by atoms with van der Waals surface area (Å²) in [5.74, 6) is -0.187. The molecule has 0 saturated heterocycles. The molecule has 2 rings (SSSR count). The molecule has 0 spiro atoms. The predicted octanol–water partition coefficient (Wildman–Crippen LogP) is 3.54. The highest BCUT2D eigenvalue weighted by Gasteiger charge is 2.43. The van der Waals surface area contributed by atoms with Gasteiger partial charge in [-0.1, -0.05) is 22.8 Å². The van der Waals surface area contributed by atoms with Gasteiger partial charge in [-0.05, 0) is 74.6 Å². The monoisotopic (exact) mass is 360 g/mol. The third kappa shape index (κ3) is 3.11. The molecule has 132 valence electrons. The third-order valence-corrected chi connectivity index (χ3v) is 6.16. The van der Waals surface area contributed by atoms with Crippen LogP contribution in [0.25, 0.3) is 10.4 Å². The minimum atomic E-state index is -3.98. The number of rotatable bonds is 4. The summed E-state index contributed by atoms with van der Waals surface area (Å²) in [6, 6.07) is 6.32. The van der Waals surface area contributed by atoms with Gasteiger partial charge < -0.3 is 0 Å². The number of Topliss-reactive ketones (excluding diaryl/α,β-unsaturated/α-hetero) is 1. The summed E-state index contributed by atoms with van der Waals surface area (Å²) in [6.45, 7) is 8.22. The quantitative estimate of drug-likeness (QED) is 0.503. The number of benzene rings is 1. The number of aryl methyl sites for hydroxylation is 1. The van der Waals surface area contributed by atoms with E-state index in [2.05, 4.69) is 14.7 Å². The van der Waals surface area contributed by atoms with E-state index in [1.54, 1.807) is 39.8 Å². The van der Waals surface area contributed by atoms with Crippen molar-refractivity contribution in [1.82, 2.24) is 4.72 Å². The summed E-state index contributed by atoms with van der Waals surface area (Å²) in [6.07, 6.45) is 0. The first-order valence-corrected chi connectivity index (χ1v) is 9.12. The Morgan fingerprint density at radius 3 is 1.92 bits per heavy atom. The standard InChI is InChI=1S/C17H20N4O3S/c1-10-6-8-15(9-7-10)25(23,24)20-17(19-21-18)13(4)11(2)16(22)12(3)14(17)5/h6-9,20H,1-5H3. The molecule has 0 bridgehead atoms. The minimum absolute atomic E-state index is 0.0541. The maximum absolute atomic E-state index is 12.9. The average Bonchev–Trinajstić information content (AvgIpc) is 2.57. The number of azide groups is 1. The lowest BCUT2D eigenvalue weighted by Crippen LogP contribution is -2.51. The Bertz CT molecular complexity index is 922. The summed E-state index contributed by atoms with van der Waals surface area (Å²) in [4.78, 5) is 15.2. The Morgan fingerprint density at radius 1 is 1.00 bits per heavy atom. The maximum atomic E-state index is 12.9. The Hall–Kier alpha value is -2.41. The molecule has 7 nitrogen and oxygen atoms in total. The summed E-state index contributed by atoms with van der Waals surface area (Å²) in [7, 11) is -3.98. The first kappa shape index (κ1) is 18.9. The van der Waals surface area contributed by atoms with Gasteiger partial charge in [-0.3, -0.25) is 4.79 Å². The van der Waals surface area contributed by atoms with Crippen LogP contribution in [0.3, 0.4) is 0 Å². The zero-order valence-electron chi connectivity index (χ0n) is 14.8. The van der Waals surface area contributed by atoms with Crippen LogP contribution < -0.4 is 4.72 Å². The smallest absolute Gasteiger partial charge is 0.241 e. The number of carbonyl (C=O) groups is 1. The molecule has 0 unspecified atom stereocenters. The molecular formula is C17H20N4O3S. The molecule has 0 aromatic heterocycles. The number of hydrogen-bond acceptors (Lipinski definition) is 4. The van der Waals surface area contributed by atoms with Gasteiger partial charge in [-0.2, -0.15) is 4.72 Å². The fraction of sp³-hybridized carbons (Fsp3) is 0.353. The van der Waals surface area contributed by atoms with E-state index in [1.807, 2.05) is 6.92 Å². The maximum Gasteiger partial charge on any atom is 0.241 e. The number of carbonyl (C=O) groups excluding carboxylic acids is 1. The number of sulfonamides is 1. The largest absolute Gasteiger partial charge is 0.289 e. The molecule has 0 amide bonds. The first-order valence-electron chi connectivity index (χ1n) is 7.64. The highest BCUT2D eigenvalue weighted by Crippen LogP contribution is 2.38. The van der Waals surface area contributed by atoms with Crippen molar-refractivity contribution in [2.75, 3.05) is 0 Å². The van der Waals surface area contributed by atoms with Crippen molar-refractivity contribution in [3.63, 3.8) is 0 Å². The van der Waals surface area contributed by atoms with Crippen LogP contribution >= 0.6 is 0 Å². The molecule has 0 atom stereocenters. The van der Waals surface area contributed by atoms with Crippen LogP contribution in [-0.2, 0) is 14.8 Å². The molecule has 1 aromatic rings. The van der Waals surface area contributed by atoms with Crippen LogP contribution in [0.1, 0.15) is 33.3 Å². The molecule has 0 fully saturated rings. The van der Waals surface area contributed by atoms with Crippen LogP contribution in [0.15, 0.2) is 56.6 Å². The SMILES string of the molecule is CC1=C(C)C(N=[N+]=[N-])(NS(=O)(=O)c2ccc(C)cc2)C(C)=C(C)C1=O. The minimum Gasteiger partial charge on any atom is -0.289 e. The van der Waals surface area contributed by atoms with Gasteiger partial charge in [0.2, 0.25) is 10.0 Å². The molecule has 0 saturated carbocycles. The average molecular weight is 360 g/mol. The van der Waals surface area contributed by atoms with Crippen LogP contribution in [0.2, 0.25) is 0 Å². The van der Waals surface area contributed by atoms with Crippen LogP contribution in [0.4, 0.5) is 0 Å². The second-order valence-electron chi connectivity index (χ2n) is 6.15. The highest BCUT2D eigenvalue weighted by molar-refractivity contribution is 7.89. The lowest BCUT2D eigenvalue weighted by molar-refractivity contribution is -0.112. The van der Waals surface area contributed by atoms with Crippen molar-refractivity contribution in [1.29, 1.82) is 0 Å². The number of nitrogens with zero attached hydrogens (tertiary/aromatic N) is 3. The Balaban J connectivity index is 2.68. The van der Waals surface area contributed by atoms with Gasteiger partial charge in [0.1, 0.15) is 0 Å². The first-order chi connectivity index (χ1) is 11.6. The number of ketones is 1. The van der Waals surface area contributed by atoms with Crippen molar-refractivity contribution in [2.45, 2.75) is 45.2 Å². The predicted molar refractivity (Wildman–Crippen MR) is 95.1 cm³/mol. The topological polar surface area (TPSA) is 112 Å². The third-order valence-electron chi connectivity index (χ3n) is 4.70. The number of nitrogens with one attached hydrogen (secondary N) is 1. The molecule has 25 heavy (non-hydrogen) atoms. The molecule has 1 aliphatic rings.